The Morgan fingerprint density at radius 3 is 2.08 bits per heavy atom. The second kappa shape index (κ2) is 7.51. The van der Waals surface area contributed by atoms with E-state index in [1.54, 1.807) is 0 Å². The molecule has 0 atom stereocenters. The number of nitrogens with one attached hydrogen (secondary N) is 2. The number of rotatable bonds is 4. The summed E-state index contributed by atoms with van der Waals surface area (Å²) in [5, 5.41) is 5.56. The molecule has 0 saturated carbocycles. The molecule has 0 unspecified atom stereocenters. The van der Waals surface area contributed by atoms with Crippen molar-refractivity contribution < 1.29 is 9.59 Å². The Morgan fingerprint density at radius 1 is 0.880 bits per heavy atom. The minimum absolute atomic E-state index is 0.0636. The normalized spacial score (nSPS) is 11.1. The van der Waals surface area contributed by atoms with Crippen LogP contribution in [0.4, 0.5) is 11.4 Å². The van der Waals surface area contributed by atoms with Gasteiger partial charge in [-0.3, -0.25) is 9.59 Å². The van der Waals surface area contributed by atoms with Crippen LogP contribution in [0.3, 0.4) is 0 Å². The fourth-order valence-electron chi connectivity index (χ4n) is 2.49. The van der Waals surface area contributed by atoms with Gasteiger partial charge in [-0.05, 0) is 54.2 Å². The largest absolute Gasteiger partial charge is 0.326 e. The van der Waals surface area contributed by atoms with Crippen molar-refractivity contribution in [1.82, 2.24) is 0 Å². The highest BCUT2D eigenvalue weighted by molar-refractivity contribution is 6.08. The summed E-state index contributed by atoms with van der Waals surface area (Å²) in [7, 11) is 0. The third-order valence-electron chi connectivity index (χ3n) is 4.23. The fourth-order valence-corrected chi connectivity index (χ4v) is 2.49. The summed E-state index contributed by atoms with van der Waals surface area (Å²) in [5.74, 6) is -0.649. The van der Waals surface area contributed by atoms with Crippen LogP contribution in [0.15, 0.2) is 42.5 Å². The molecule has 2 aromatic rings. The average molecular weight is 338 g/mol. The SMILES string of the molecule is Cc1cccc(NC(=O)CC(=O)Nc2ccc(C(C)(C)C)cc2)c1C. The molecule has 0 aliphatic heterocycles. The Balaban J connectivity index is 1.93. The first kappa shape index (κ1) is 18.7. The van der Waals surface area contributed by atoms with Crippen LogP contribution in [-0.4, -0.2) is 11.8 Å². The van der Waals surface area contributed by atoms with Gasteiger partial charge in [-0.25, -0.2) is 0 Å². The predicted molar refractivity (Wildman–Crippen MR) is 103 cm³/mol. The quantitative estimate of drug-likeness (QED) is 0.802. The Bertz CT molecular complexity index is 771. The lowest BCUT2D eigenvalue weighted by Crippen LogP contribution is -2.22. The van der Waals surface area contributed by atoms with Crippen molar-refractivity contribution in [1.29, 1.82) is 0 Å². The third kappa shape index (κ3) is 5.18. The van der Waals surface area contributed by atoms with Crippen molar-refractivity contribution in [3.8, 4) is 0 Å². The number of hydrogen-bond donors (Lipinski definition) is 2. The van der Waals surface area contributed by atoms with Gasteiger partial charge >= 0.3 is 0 Å². The van der Waals surface area contributed by atoms with Crippen LogP contribution >= 0.6 is 0 Å². The molecule has 0 aromatic heterocycles. The standard InChI is InChI=1S/C21H26N2O2/c1-14-7-6-8-18(15(14)2)23-20(25)13-19(24)22-17-11-9-16(10-12-17)21(3,4)5/h6-12H,13H2,1-5H3,(H,22,24)(H,23,25). The van der Waals surface area contributed by atoms with E-state index in [1.165, 1.54) is 5.56 Å². The van der Waals surface area contributed by atoms with Gasteiger partial charge in [0, 0.05) is 11.4 Å². The number of amides is 2. The van der Waals surface area contributed by atoms with Crippen molar-refractivity contribution in [3.05, 3.63) is 59.2 Å². The van der Waals surface area contributed by atoms with Gasteiger partial charge in [0.1, 0.15) is 6.42 Å². The molecular weight excluding hydrogens is 312 g/mol. The van der Waals surface area contributed by atoms with Gasteiger partial charge in [-0.15, -0.1) is 0 Å². The van der Waals surface area contributed by atoms with Crippen molar-refractivity contribution in [2.75, 3.05) is 10.6 Å². The third-order valence-corrected chi connectivity index (χ3v) is 4.23. The van der Waals surface area contributed by atoms with E-state index in [0.29, 0.717) is 5.69 Å². The van der Waals surface area contributed by atoms with Crippen LogP contribution in [0.2, 0.25) is 0 Å². The number of aryl methyl sites for hydroxylation is 1. The minimum atomic E-state index is -0.327. The number of hydrogen-bond acceptors (Lipinski definition) is 2. The van der Waals surface area contributed by atoms with Gasteiger partial charge in [0.2, 0.25) is 11.8 Å². The lowest BCUT2D eigenvalue weighted by Gasteiger charge is -2.19. The molecule has 2 aromatic carbocycles. The summed E-state index contributed by atoms with van der Waals surface area (Å²) >= 11 is 0. The van der Waals surface area contributed by atoms with Gasteiger partial charge in [-0.1, -0.05) is 45.0 Å². The second-order valence-corrected chi connectivity index (χ2v) is 7.35. The Morgan fingerprint density at radius 2 is 1.48 bits per heavy atom. The summed E-state index contributed by atoms with van der Waals surface area (Å²) in [6.07, 6.45) is -0.214. The van der Waals surface area contributed by atoms with E-state index in [-0.39, 0.29) is 23.7 Å². The molecule has 0 heterocycles. The zero-order valence-corrected chi connectivity index (χ0v) is 15.6. The van der Waals surface area contributed by atoms with Gasteiger partial charge in [-0.2, -0.15) is 0 Å². The average Bonchev–Trinajstić information content (AvgIpc) is 2.51. The van der Waals surface area contributed by atoms with Crippen LogP contribution in [0.25, 0.3) is 0 Å². The summed E-state index contributed by atoms with van der Waals surface area (Å²) in [6, 6.07) is 13.4. The molecule has 0 aliphatic rings. The van der Waals surface area contributed by atoms with Crippen LogP contribution in [0, 0.1) is 13.8 Å². The molecule has 2 N–H and O–H groups in total. The summed E-state index contributed by atoms with van der Waals surface area (Å²) in [4.78, 5) is 24.2. The lowest BCUT2D eigenvalue weighted by atomic mass is 9.87. The Kier molecular flexibility index (Phi) is 5.62. The highest BCUT2D eigenvalue weighted by atomic mass is 16.2. The summed E-state index contributed by atoms with van der Waals surface area (Å²) < 4.78 is 0. The molecule has 2 rings (SSSR count). The Hall–Kier alpha value is -2.62. The topological polar surface area (TPSA) is 58.2 Å². The van der Waals surface area contributed by atoms with Crippen molar-refractivity contribution >= 4 is 23.2 Å². The van der Waals surface area contributed by atoms with Crippen molar-refractivity contribution in [3.63, 3.8) is 0 Å². The first-order valence-electron chi connectivity index (χ1n) is 8.43. The van der Waals surface area contributed by atoms with E-state index in [2.05, 4.69) is 31.4 Å². The maximum absolute atomic E-state index is 12.1. The molecule has 0 radical (unpaired) electrons. The predicted octanol–water partition coefficient (Wildman–Crippen LogP) is 4.57. The van der Waals surface area contributed by atoms with Gasteiger partial charge in [0.05, 0.1) is 0 Å². The lowest BCUT2D eigenvalue weighted by molar-refractivity contribution is -0.123. The maximum Gasteiger partial charge on any atom is 0.233 e. The van der Waals surface area contributed by atoms with Gasteiger partial charge in [0.15, 0.2) is 0 Å². The van der Waals surface area contributed by atoms with E-state index in [0.717, 1.165) is 16.8 Å². The number of carbonyl (C=O) groups is 2. The second-order valence-electron chi connectivity index (χ2n) is 7.35. The first-order valence-corrected chi connectivity index (χ1v) is 8.43. The monoisotopic (exact) mass is 338 g/mol. The molecule has 0 aliphatic carbocycles. The summed E-state index contributed by atoms with van der Waals surface area (Å²) in [6.45, 7) is 10.3. The number of anilines is 2. The zero-order valence-electron chi connectivity index (χ0n) is 15.6. The molecule has 0 spiro atoms. The van der Waals surface area contributed by atoms with Gasteiger partial charge in [0.25, 0.3) is 0 Å². The molecule has 0 fully saturated rings. The van der Waals surface area contributed by atoms with E-state index in [4.69, 9.17) is 0 Å². The Labute approximate surface area is 149 Å². The molecular formula is C21H26N2O2. The smallest absolute Gasteiger partial charge is 0.233 e. The fraction of sp³-hybridized carbons (Fsp3) is 0.333. The molecule has 4 nitrogen and oxygen atoms in total. The van der Waals surface area contributed by atoms with E-state index >= 15 is 0 Å². The highest BCUT2D eigenvalue weighted by Crippen LogP contribution is 2.23. The van der Waals surface area contributed by atoms with Crippen molar-refractivity contribution in [2.24, 2.45) is 0 Å². The van der Waals surface area contributed by atoms with E-state index in [1.807, 2.05) is 56.3 Å². The minimum Gasteiger partial charge on any atom is -0.326 e. The van der Waals surface area contributed by atoms with Gasteiger partial charge < -0.3 is 10.6 Å². The molecule has 0 saturated heterocycles. The summed E-state index contributed by atoms with van der Waals surface area (Å²) in [5.41, 5.74) is 4.80. The van der Waals surface area contributed by atoms with Crippen LogP contribution in [-0.2, 0) is 15.0 Å². The van der Waals surface area contributed by atoms with E-state index in [9.17, 15) is 9.59 Å². The molecule has 25 heavy (non-hydrogen) atoms. The molecule has 2 amide bonds. The molecule has 4 heteroatoms. The first-order chi connectivity index (χ1) is 11.7. The number of carbonyl (C=O) groups excluding carboxylic acids is 2. The van der Waals surface area contributed by atoms with E-state index < -0.39 is 0 Å². The molecule has 132 valence electrons. The maximum atomic E-state index is 12.1. The zero-order chi connectivity index (χ0) is 18.6. The van der Waals surface area contributed by atoms with Crippen LogP contribution in [0.5, 0.6) is 0 Å². The molecule has 0 bridgehead atoms. The van der Waals surface area contributed by atoms with Crippen molar-refractivity contribution in [2.45, 2.75) is 46.5 Å². The highest BCUT2D eigenvalue weighted by Gasteiger charge is 2.14. The van der Waals surface area contributed by atoms with Crippen LogP contribution in [0.1, 0.15) is 43.9 Å². The van der Waals surface area contributed by atoms with Crippen LogP contribution < -0.4 is 10.6 Å². The number of benzene rings is 2.